The van der Waals surface area contributed by atoms with Gasteiger partial charge in [0, 0.05) is 16.7 Å². The predicted molar refractivity (Wildman–Crippen MR) is 128 cm³/mol. The van der Waals surface area contributed by atoms with E-state index in [2.05, 4.69) is 15.5 Å². The zero-order valence-electron chi connectivity index (χ0n) is 19.2. The highest BCUT2D eigenvalue weighted by atomic mass is 16.5. The van der Waals surface area contributed by atoms with Gasteiger partial charge < -0.3 is 14.5 Å². The standard InChI is InChI=1S/C27H25N3O4/c1-17-7-9-19(10-8-17)23(16-24(31)33-3)28-25(32)20-11-13-21(14-12-20)26-29-30-27(34-26)22-6-4-5-18(2)15-22/h4-15,23H,16H2,1-3H3,(H,28,32). The Morgan fingerprint density at radius 3 is 2.21 bits per heavy atom. The van der Waals surface area contributed by atoms with Crippen molar-refractivity contribution in [2.24, 2.45) is 0 Å². The maximum Gasteiger partial charge on any atom is 0.307 e. The number of hydrogen-bond acceptors (Lipinski definition) is 6. The van der Waals surface area contributed by atoms with Crippen molar-refractivity contribution in [1.29, 1.82) is 0 Å². The molecule has 0 spiro atoms. The van der Waals surface area contributed by atoms with Gasteiger partial charge in [-0.1, -0.05) is 47.5 Å². The van der Waals surface area contributed by atoms with Crippen LogP contribution in [0.15, 0.2) is 77.2 Å². The maximum atomic E-state index is 12.9. The van der Waals surface area contributed by atoms with Crippen molar-refractivity contribution >= 4 is 11.9 Å². The largest absolute Gasteiger partial charge is 0.469 e. The fourth-order valence-electron chi connectivity index (χ4n) is 3.54. The fourth-order valence-corrected chi connectivity index (χ4v) is 3.54. The lowest BCUT2D eigenvalue weighted by atomic mass is 10.0. The number of nitrogens with zero attached hydrogens (tertiary/aromatic N) is 2. The smallest absolute Gasteiger partial charge is 0.307 e. The molecule has 7 heteroatoms. The Hall–Kier alpha value is -4.26. The molecule has 7 nitrogen and oxygen atoms in total. The van der Waals surface area contributed by atoms with E-state index >= 15 is 0 Å². The normalized spacial score (nSPS) is 11.6. The molecule has 1 N–H and O–H groups in total. The van der Waals surface area contributed by atoms with Crippen LogP contribution in [0.4, 0.5) is 0 Å². The van der Waals surface area contributed by atoms with Crippen molar-refractivity contribution in [3.8, 4) is 22.9 Å². The Morgan fingerprint density at radius 2 is 1.56 bits per heavy atom. The second-order valence-corrected chi connectivity index (χ2v) is 8.08. The summed E-state index contributed by atoms with van der Waals surface area (Å²) in [6.45, 7) is 3.98. The van der Waals surface area contributed by atoms with Crippen molar-refractivity contribution in [2.75, 3.05) is 7.11 Å². The Balaban J connectivity index is 1.50. The number of aromatic nitrogens is 2. The summed E-state index contributed by atoms with van der Waals surface area (Å²) in [6.07, 6.45) is 0.0348. The van der Waals surface area contributed by atoms with Crippen LogP contribution in [0.25, 0.3) is 22.9 Å². The monoisotopic (exact) mass is 455 g/mol. The quantitative estimate of drug-likeness (QED) is 0.392. The first-order valence-corrected chi connectivity index (χ1v) is 10.9. The van der Waals surface area contributed by atoms with E-state index in [1.165, 1.54) is 7.11 Å². The Morgan fingerprint density at radius 1 is 0.882 bits per heavy atom. The third kappa shape index (κ3) is 5.38. The molecule has 34 heavy (non-hydrogen) atoms. The molecule has 0 saturated heterocycles. The van der Waals surface area contributed by atoms with Crippen LogP contribution < -0.4 is 5.32 Å². The van der Waals surface area contributed by atoms with Crippen LogP contribution in [0.3, 0.4) is 0 Å². The van der Waals surface area contributed by atoms with Gasteiger partial charge in [-0.25, -0.2) is 0 Å². The number of amides is 1. The average Bonchev–Trinajstić information content (AvgIpc) is 3.34. The van der Waals surface area contributed by atoms with Crippen LogP contribution in [-0.4, -0.2) is 29.2 Å². The zero-order valence-corrected chi connectivity index (χ0v) is 19.2. The Bertz CT molecular complexity index is 1290. The highest BCUT2D eigenvalue weighted by Gasteiger charge is 2.20. The van der Waals surface area contributed by atoms with Gasteiger partial charge in [-0.3, -0.25) is 9.59 Å². The summed E-state index contributed by atoms with van der Waals surface area (Å²) in [6, 6.07) is 21.9. The Kier molecular flexibility index (Phi) is 6.82. The van der Waals surface area contributed by atoms with E-state index in [0.29, 0.717) is 22.9 Å². The third-order valence-corrected chi connectivity index (χ3v) is 5.47. The third-order valence-electron chi connectivity index (χ3n) is 5.47. The number of methoxy groups -OCH3 is 1. The van der Waals surface area contributed by atoms with Gasteiger partial charge in [-0.15, -0.1) is 10.2 Å². The van der Waals surface area contributed by atoms with Gasteiger partial charge in [0.2, 0.25) is 11.8 Å². The zero-order chi connectivity index (χ0) is 24.1. The molecule has 1 atom stereocenters. The van der Waals surface area contributed by atoms with E-state index in [9.17, 15) is 9.59 Å². The number of hydrogen-bond donors (Lipinski definition) is 1. The van der Waals surface area contributed by atoms with E-state index in [4.69, 9.17) is 9.15 Å². The molecule has 4 aromatic rings. The lowest BCUT2D eigenvalue weighted by Gasteiger charge is -2.18. The summed E-state index contributed by atoms with van der Waals surface area (Å²) in [5.74, 6) is 0.102. The van der Waals surface area contributed by atoms with Crippen molar-refractivity contribution in [3.05, 3.63) is 95.1 Å². The number of aryl methyl sites for hydroxylation is 2. The second kappa shape index (κ2) is 10.1. The molecule has 0 aliphatic rings. The van der Waals surface area contributed by atoms with Crippen LogP contribution in [-0.2, 0) is 9.53 Å². The van der Waals surface area contributed by atoms with Crippen LogP contribution in [0, 0.1) is 13.8 Å². The minimum absolute atomic E-state index is 0.0348. The highest BCUT2D eigenvalue weighted by Crippen LogP contribution is 2.25. The molecule has 1 aromatic heterocycles. The first kappa shape index (κ1) is 22.9. The topological polar surface area (TPSA) is 94.3 Å². The average molecular weight is 456 g/mol. The summed E-state index contributed by atoms with van der Waals surface area (Å²) in [5.41, 5.74) is 5.02. The number of carbonyl (C=O) groups is 2. The molecule has 0 radical (unpaired) electrons. The lowest BCUT2D eigenvalue weighted by molar-refractivity contribution is -0.141. The minimum atomic E-state index is -0.506. The molecule has 1 heterocycles. The van der Waals surface area contributed by atoms with E-state index in [-0.39, 0.29) is 12.3 Å². The SMILES string of the molecule is COC(=O)CC(NC(=O)c1ccc(-c2nnc(-c3cccc(C)c3)o2)cc1)c1ccc(C)cc1. The molecule has 0 saturated carbocycles. The maximum absolute atomic E-state index is 12.9. The molecule has 4 rings (SSSR count). The number of ether oxygens (including phenoxy) is 1. The number of esters is 1. The van der Waals surface area contributed by atoms with Crippen LogP contribution in [0.5, 0.6) is 0 Å². The van der Waals surface area contributed by atoms with Gasteiger partial charge in [0.05, 0.1) is 19.6 Å². The van der Waals surface area contributed by atoms with Crippen LogP contribution in [0.1, 0.15) is 39.5 Å². The summed E-state index contributed by atoms with van der Waals surface area (Å²) in [7, 11) is 1.33. The molecular weight excluding hydrogens is 430 g/mol. The van der Waals surface area contributed by atoms with Gasteiger partial charge in [0.25, 0.3) is 5.91 Å². The van der Waals surface area contributed by atoms with E-state index in [0.717, 1.165) is 22.3 Å². The number of nitrogens with one attached hydrogen (secondary N) is 1. The predicted octanol–water partition coefficient (Wildman–Crippen LogP) is 5.05. The van der Waals surface area contributed by atoms with Gasteiger partial charge in [0.15, 0.2) is 0 Å². The minimum Gasteiger partial charge on any atom is -0.469 e. The summed E-state index contributed by atoms with van der Waals surface area (Å²) >= 11 is 0. The van der Waals surface area contributed by atoms with Crippen molar-refractivity contribution < 1.29 is 18.7 Å². The molecular formula is C27H25N3O4. The number of benzene rings is 3. The summed E-state index contributed by atoms with van der Waals surface area (Å²) in [5, 5.41) is 11.2. The van der Waals surface area contributed by atoms with Gasteiger partial charge >= 0.3 is 5.97 Å². The second-order valence-electron chi connectivity index (χ2n) is 8.08. The molecule has 0 aliphatic heterocycles. The van der Waals surface area contributed by atoms with Gasteiger partial charge in [0.1, 0.15) is 0 Å². The molecule has 0 aliphatic carbocycles. The lowest BCUT2D eigenvalue weighted by Crippen LogP contribution is -2.30. The first-order chi connectivity index (χ1) is 16.4. The van der Waals surface area contributed by atoms with Crippen molar-refractivity contribution in [1.82, 2.24) is 15.5 Å². The van der Waals surface area contributed by atoms with Crippen LogP contribution in [0.2, 0.25) is 0 Å². The van der Waals surface area contributed by atoms with E-state index in [1.807, 2.05) is 62.4 Å². The molecule has 1 amide bonds. The fraction of sp³-hybridized carbons (Fsp3) is 0.185. The van der Waals surface area contributed by atoms with Gasteiger partial charge in [-0.2, -0.15) is 0 Å². The molecule has 3 aromatic carbocycles. The highest BCUT2D eigenvalue weighted by molar-refractivity contribution is 5.95. The van der Waals surface area contributed by atoms with Crippen LogP contribution >= 0.6 is 0 Å². The molecule has 1 unspecified atom stereocenters. The van der Waals surface area contributed by atoms with Crippen molar-refractivity contribution in [2.45, 2.75) is 26.3 Å². The molecule has 0 fully saturated rings. The molecule has 172 valence electrons. The molecule has 0 bridgehead atoms. The van der Waals surface area contributed by atoms with E-state index in [1.54, 1.807) is 24.3 Å². The summed E-state index contributed by atoms with van der Waals surface area (Å²) in [4.78, 5) is 24.8. The Labute approximate surface area is 197 Å². The number of rotatable bonds is 7. The number of carbonyl (C=O) groups excluding carboxylic acids is 2. The first-order valence-electron chi connectivity index (χ1n) is 10.9. The summed E-state index contributed by atoms with van der Waals surface area (Å²) < 4.78 is 10.6. The van der Waals surface area contributed by atoms with E-state index < -0.39 is 12.0 Å². The van der Waals surface area contributed by atoms with Crippen molar-refractivity contribution in [3.63, 3.8) is 0 Å². The van der Waals surface area contributed by atoms with Gasteiger partial charge in [-0.05, 0) is 55.8 Å².